The molecule has 0 bridgehead atoms. The van der Waals surface area contributed by atoms with Gasteiger partial charge in [-0.05, 0) is 25.5 Å². The van der Waals surface area contributed by atoms with Crippen molar-refractivity contribution in [3.05, 3.63) is 29.8 Å². The third-order valence-electron chi connectivity index (χ3n) is 3.36. The molecule has 6 nitrogen and oxygen atoms in total. The number of esters is 1. The average Bonchev–Trinajstić information content (AvgIpc) is 2.87. The number of hydrogen-bond acceptors (Lipinski definition) is 4. The van der Waals surface area contributed by atoms with Crippen LogP contribution < -0.4 is 5.32 Å². The van der Waals surface area contributed by atoms with Crippen molar-refractivity contribution in [2.24, 2.45) is 0 Å². The van der Waals surface area contributed by atoms with Gasteiger partial charge in [-0.25, -0.2) is 8.78 Å². The summed E-state index contributed by atoms with van der Waals surface area (Å²) >= 11 is 0. The molecule has 1 aliphatic heterocycles. The number of likely N-dealkylation sites (tertiary alicyclic amines) is 1. The van der Waals surface area contributed by atoms with Crippen LogP contribution in [0.15, 0.2) is 18.2 Å². The first kappa shape index (κ1) is 16.9. The number of rotatable bonds is 5. The summed E-state index contributed by atoms with van der Waals surface area (Å²) in [4.78, 5) is 36.3. The minimum absolute atomic E-state index is 0.132. The van der Waals surface area contributed by atoms with Crippen LogP contribution in [0.2, 0.25) is 0 Å². The standard InChI is InChI=1S/C15H16F2N2O4/c1-9(23-14(21)8-19-6-2-3-13(19)20)15(22)18-12-5-4-10(16)7-11(12)17/h4-5,7,9H,2-3,6,8H2,1H3,(H,18,22)/t9-/m1/s1. The minimum Gasteiger partial charge on any atom is -0.451 e. The van der Waals surface area contributed by atoms with E-state index in [1.165, 1.54) is 11.8 Å². The van der Waals surface area contributed by atoms with Crippen molar-refractivity contribution in [1.82, 2.24) is 4.90 Å². The normalized spacial score (nSPS) is 15.4. The fraction of sp³-hybridized carbons (Fsp3) is 0.400. The first-order valence-corrected chi connectivity index (χ1v) is 7.10. The van der Waals surface area contributed by atoms with Gasteiger partial charge in [0.1, 0.15) is 18.2 Å². The van der Waals surface area contributed by atoms with Crippen molar-refractivity contribution < 1.29 is 27.9 Å². The largest absolute Gasteiger partial charge is 0.451 e. The van der Waals surface area contributed by atoms with Gasteiger partial charge in [-0.15, -0.1) is 0 Å². The quantitative estimate of drug-likeness (QED) is 0.831. The molecule has 1 aliphatic rings. The summed E-state index contributed by atoms with van der Waals surface area (Å²) in [6.07, 6.45) is -0.0937. The molecule has 1 N–H and O–H groups in total. The molecule has 0 saturated carbocycles. The lowest BCUT2D eigenvalue weighted by Crippen LogP contribution is -2.36. The van der Waals surface area contributed by atoms with E-state index in [1.807, 2.05) is 0 Å². The summed E-state index contributed by atoms with van der Waals surface area (Å²) in [6, 6.07) is 2.69. The third-order valence-corrected chi connectivity index (χ3v) is 3.36. The number of carbonyl (C=O) groups is 3. The maximum absolute atomic E-state index is 13.4. The Morgan fingerprint density at radius 1 is 1.39 bits per heavy atom. The summed E-state index contributed by atoms with van der Waals surface area (Å²) in [5.74, 6) is -3.30. The molecule has 1 saturated heterocycles. The molecule has 0 radical (unpaired) electrons. The van der Waals surface area contributed by atoms with E-state index in [9.17, 15) is 23.2 Å². The van der Waals surface area contributed by atoms with Crippen molar-refractivity contribution in [2.45, 2.75) is 25.9 Å². The first-order chi connectivity index (χ1) is 10.9. The van der Waals surface area contributed by atoms with Crippen LogP contribution in [0.3, 0.4) is 0 Å². The minimum atomic E-state index is -1.18. The molecule has 0 spiro atoms. The van der Waals surface area contributed by atoms with E-state index in [1.54, 1.807) is 0 Å². The Labute approximate surface area is 131 Å². The van der Waals surface area contributed by atoms with Crippen molar-refractivity contribution in [1.29, 1.82) is 0 Å². The predicted octanol–water partition coefficient (Wildman–Crippen LogP) is 1.46. The van der Waals surface area contributed by atoms with Crippen LogP contribution in [-0.4, -0.2) is 41.9 Å². The van der Waals surface area contributed by atoms with Gasteiger partial charge in [-0.3, -0.25) is 14.4 Å². The highest BCUT2D eigenvalue weighted by Crippen LogP contribution is 2.15. The van der Waals surface area contributed by atoms with Crippen LogP contribution in [0.25, 0.3) is 0 Å². The van der Waals surface area contributed by atoms with Crippen molar-refractivity contribution in [3.8, 4) is 0 Å². The van der Waals surface area contributed by atoms with Gasteiger partial charge >= 0.3 is 5.97 Å². The van der Waals surface area contributed by atoms with Crippen molar-refractivity contribution in [2.75, 3.05) is 18.4 Å². The van der Waals surface area contributed by atoms with E-state index in [4.69, 9.17) is 4.74 Å². The van der Waals surface area contributed by atoms with E-state index in [0.29, 0.717) is 25.5 Å². The Hall–Kier alpha value is -2.51. The summed E-state index contributed by atoms with van der Waals surface area (Å²) in [5, 5.41) is 2.21. The number of anilines is 1. The van der Waals surface area contributed by atoms with E-state index >= 15 is 0 Å². The molecule has 1 atom stereocenters. The van der Waals surface area contributed by atoms with Crippen LogP contribution in [0.1, 0.15) is 19.8 Å². The third kappa shape index (κ3) is 4.48. The van der Waals surface area contributed by atoms with Gasteiger partial charge in [0.15, 0.2) is 6.10 Å². The van der Waals surface area contributed by atoms with E-state index in [-0.39, 0.29) is 18.1 Å². The molecule has 1 aromatic rings. The van der Waals surface area contributed by atoms with Gasteiger partial charge in [-0.2, -0.15) is 0 Å². The van der Waals surface area contributed by atoms with E-state index in [0.717, 1.165) is 12.1 Å². The van der Waals surface area contributed by atoms with E-state index in [2.05, 4.69) is 5.32 Å². The molecular formula is C15H16F2N2O4. The number of benzene rings is 1. The topological polar surface area (TPSA) is 75.7 Å². The lowest BCUT2D eigenvalue weighted by Gasteiger charge is -2.17. The Balaban J connectivity index is 1.86. The molecule has 0 unspecified atom stereocenters. The van der Waals surface area contributed by atoms with Crippen LogP contribution in [0.5, 0.6) is 0 Å². The monoisotopic (exact) mass is 326 g/mol. The highest BCUT2D eigenvalue weighted by molar-refractivity contribution is 5.95. The number of nitrogens with one attached hydrogen (secondary N) is 1. The predicted molar refractivity (Wildman–Crippen MR) is 76.4 cm³/mol. The Morgan fingerprint density at radius 2 is 2.13 bits per heavy atom. The lowest BCUT2D eigenvalue weighted by atomic mass is 10.2. The maximum Gasteiger partial charge on any atom is 0.326 e. The molecule has 8 heteroatoms. The van der Waals surface area contributed by atoms with E-state index < -0.39 is 29.6 Å². The maximum atomic E-state index is 13.4. The molecule has 1 heterocycles. The summed E-state index contributed by atoms with van der Waals surface area (Å²) < 4.78 is 31.1. The van der Waals surface area contributed by atoms with Gasteiger partial charge in [0.25, 0.3) is 5.91 Å². The van der Waals surface area contributed by atoms with Gasteiger partial charge in [0.2, 0.25) is 5.91 Å². The highest BCUT2D eigenvalue weighted by atomic mass is 19.1. The molecule has 1 aromatic carbocycles. The second kappa shape index (κ2) is 7.17. The first-order valence-electron chi connectivity index (χ1n) is 7.10. The van der Waals surface area contributed by atoms with Crippen LogP contribution in [-0.2, 0) is 19.1 Å². The van der Waals surface area contributed by atoms with Crippen LogP contribution in [0, 0.1) is 11.6 Å². The summed E-state index contributed by atoms with van der Waals surface area (Å²) in [5.41, 5.74) is -0.214. The smallest absolute Gasteiger partial charge is 0.326 e. The zero-order valence-corrected chi connectivity index (χ0v) is 12.5. The number of halogens is 2. The Bertz CT molecular complexity index is 636. The summed E-state index contributed by atoms with van der Waals surface area (Å²) in [6.45, 7) is 1.58. The highest BCUT2D eigenvalue weighted by Gasteiger charge is 2.25. The molecule has 2 rings (SSSR count). The lowest BCUT2D eigenvalue weighted by molar-refractivity contribution is -0.155. The molecular weight excluding hydrogens is 310 g/mol. The molecule has 23 heavy (non-hydrogen) atoms. The van der Waals surface area contributed by atoms with Gasteiger partial charge < -0.3 is 15.0 Å². The van der Waals surface area contributed by atoms with Crippen molar-refractivity contribution >= 4 is 23.5 Å². The molecule has 0 aliphatic carbocycles. The number of nitrogens with zero attached hydrogens (tertiary/aromatic N) is 1. The molecule has 1 fully saturated rings. The number of amides is 2. The number of carbonyl (C=O) groups excluding carboxylic acids is 3. The van der Waals surface area contributed by atoms with Gasteiger partial charge in [-0.1, -0.05) is 0 Å². The molecule has 124 valence electrons. The fourth-order valence-corrected chi connectivity index (χ4v) is 2.14. The Kier molecular flexibility index (Phi) is 5.25. The number of ether oxygens (including phenoxy) is 1. The Morgan fingerprint density at radius 3 is 2.74 bits per heavy atom. The molecule has 0 aromatic heterocycles. The summed E-state index contributed by atoms with van der Waals surface area (Å²) in [7, 11) is 0. The van der Waals surface area contributed by atoms with Crippen molar-refractivity contribution in [3.63, 3.8) is 0 Å². The zero-order chi connectivity index (χ0) is 17.0. The zero-order valence-electron chi connectivity index (χ0n) is 12.5. The van der Waals surface area contributed by atoms with Gasteiger partial charge in [0, 0.05) is 19.0 Å². The second-order valence-electron chi connectivity index (χ2n) is 5.16. The van der Waals surface area contributed by atoms with Crippen LogP contribution in [0.4, 0.5) is 14.5 Å². The fourth-order valence-electron chi connectivity index (χ4n) is 2.14. The molecule has 2 amide bonds. The number of hydrogen-bond donors (Lipinski definition) is 1. The average molecular weight is 326 g/mol. The van der Waals surface area contributed by atoms with Gasteiger partial charge in [0.05, 0.1) is 5.69 Å². The van der Waals surface area contributed by atoms with Crippen LogP contribution >= 0.6 is 0 Å². The second-order valence-corrected chi connectivity index (χ2v) is 5.16. The SMILES string of the molecule is C[C@@H](OC(=O)CN1CCCC1=O)C(=O)Nc1ccc(F)cc1F.